The van der Waals surface area contributed by atoms with Gasteiger partial charge in [-0.15, -0.1) is 0 Å². The quantitative estimate of drug-likeness (QED) is 0.899. The maximum atomic E-state index is 10.6. The van der Waals surface area contributed by atoms with Gasteiger partial charge in [-0.05, 0) is 34.1 Å². The summed E-state index contributed by atoms with van der Waals surface area (Å²) in [4.78, 5) is 18.4. The minimum absolute atomic E-state index is 0.0959. The van der Waals surface area contributed by atoms with Crippen molar-refractivity contribution in [3.8, 4) is 5.75 Å². The number of aromatic nitrogens is 2. The second-order valence-corrected chi connectivity index (χ2v) is 4.42. The summed E-state index contributed by atoms with van der Waals surface area (Å²) < 4.78 is 5.93. The third-order valence-electron chi connectivity index (χ3n) is 2.30. The molecule has 0 spiro atoms. The zero-order valence-corrected chi connectivity index (χ0v) is 11.5. The summed E-state index contributed by atoms with van der Waals surface area (Å²) in [5.74, 6) is 0.0752. The van der Waals surface area contributed by atoms with Crippen molar-refractivity contribution in [3.05, 3.63) is 40.8 Å². The number of nitrogens with one attached hydrogen (secondary N) is 1. The molecule has 0 saturated heterocycles. The standard InChI is InChI=1S/C12H10BrN3O3/c1-19-10-3-2-7(4-8(10)13)16-11-6-14-9(5-15-11)12(17)18/h2-6H,1H3,(H,15,16)(H,17,18). The van der Waals surface area contributed by atoms with Crippen LogP contribution in [0, 0.1) is 0 Å². The van der Waals surface area contributed by atoms with Crippen molar-refractivity contribution in [1.82, 2.24) is 9.97 Å². The van der Waals surface area contributed by atoms with Gasteiger partial charge in [-0.2, -0.15) is 0 Å². The fourth-order valence-electron chi connectivity index (χ4n) is 1.40. The molecule has 98 valence electrons. The summed E-state index contributed by atoms with van der Waals surface area (Å²) in [7, 11) is 1.59. The number of carboxylic acids is 1. The van der Waals surface area contributed by atoms with Crippen molar-refractivity contribution in [3.63, 3.8) is 0 Å². The Balaban J connectivity index is 2.16. The van der Waals surface area contributed by atoms with E-state index in [4.69, 9.17) is 9.84 Å². The van der Waals surface area contributed by atoms with Gasteiger partial charge in [0.05, 0.1) is 24.0 Å². The van der Waals surface area contributed by atoms with Crippen molar-refractivity contribution in [2.75, 3.05) is 12.4 Å². The number of anilines is 2. The lowest BCUT2D eigenvalue weighted by Crippen LogP contribution is -2.02. The Labute approximate surface area is 117 Å². The normalized spacial score (nSPS) is 10.0. The molecule has 2 rings (SSSR count). The van der Waals surface area contributed by atoms with Crippen LogP contribution >= 0.6 is 15.9 Å². The number of nitrogens with zero attached hydrogens (tertiary/aromatic N) is 2. The molecule has 6 nitrogen and oxygen atoms in total. The molecule has 2 N–H and O–H groups in total. The Hall–Kier alpha value is -2.15. The maximum absolute atomic E-state index is 10.6. The highest BCUT2D eigenvalue weighted by Gasteiger charge is 2.06. The molecule has 0 saturated carbocycles. The van der Waals surface area contributed by atoms with E-state index in [2.05, 4.69) is 31.2 Å². The van der Waals surface area contributed by atoms with Gasteiger partial charge < -0.3 is 15.2 Å². The van der Waals surface area contributed by atoms with Crippen molar-refractivity contribution < 1.29 is 14.6 Å². The summed E-state index contributed by atoms with van der Waals surface area (Å²) in [5, 5.41) is 11.7. The van der Waals surface area contributed by atoms with E-state index in [1.165, 1.54) is 12.4 Å². The van der Waals surface area contributed by atoms with Crippen molar-refractivity contribution in [2.24, 2.45) is 0 Å². The van der Waals surface area contributed by atoms with Crippen molar-refractivity contribution >= 4 is 33.4 Å². The highest BCUT2D eigenvalue weighted by molar-refractivity contribution is 9.10. The molecule has 0 bridgehead atoms. The topological polar surface area (TPSA) is 84.3 Å². The van der Waals surface area contributed by atoms with Crippen LogP contribution in [-0.2, 0) is 0 Å². The van der Waals surface area contributed by atoms with Crippen LogP contribution in [0.3, 0.4) is 0 Å². The van der Waals surface area contributed by atoms with Gasteiger partial charge in [0.2, 0.25) is 0 Å². The summed E-state index contributed by atoms with van der Waals surface area (Å²) in [5.41, 5.74) is 0.687. The first-order valence-corrected chi connectivity index (χ1v) is 6.05. The molecule has 2 aromatic rings. The first-order valence-electron chi connectivity index (χ1n) is 5.26. The molecular weight excluding hydrogens is 314 g/mol. The van der Waals surface area contributed by atoms with E-state index in [0.29, 0.717) is 5.82 Å². The van der Waals surface area contributed by atoms with Crippen LogP contribution in [-0.4, -0.2) is 28.2 Å². The minimum atomic E-state index is -1.11. The van der Waals surface area contributed by atoms with Crippen molar-refractivity contribution in [2.45, 2.75) is 0 Å². The third kappa shape index (κ3) is 3.19. The molecular formula is C12H10BrN3O3. The Morgan fingerprint density at radius 3 is 2.68 bits per heavy atom. The second kappa shape index (κ2) is 5.66. The van der Waals surface area contributed by atoms with E-state index in [0.717, 1.165) is 15.9 Å². The van der Waals surface area contributed by atoms with Gasteiger partial charge in [0.15, 0.2) is 5.69 Å². The van der Waals surface area contributed by atoms with E-state index >= 15 is 0 Å². The van der Waals surface area contributed by atoms with E-state index in [9.17, 15) is 4.79 Å². The first kappa shape index (κ1) is 13.3. The molecule has 1 aromatic heterocycles. The fraction of sp³-hybridized carbons (Fsp3) is 0.0833. The predicted molar refractivity (Wildman–Crippen MR) is 73.0 cm³/mol. The number of methoxy groups -OCH3 is 1. The van der Waals surface area contributed by atoms with E-state index in [1.54, 1.807) is 13.2 Å². The summed E-state index contributed by atoms with van der Waals surface area (Å²) >= 11 is 3.37. The Morgan fingerprint density at radius 2 is 2.16 bits per heavy atom. The number of halogens is 1. The Kier molecular flexibility index (Phi) is 3.96. The predicted octanol–water partition coefficient (Wildman–Crippen LogP) is 2.69. The van der Waals surface area contributed by atoms with E-state index < -0.39 is 5.97 Å². The smallest absolute Gasteiger partial charge is 0.356 e. The van der Waals surface area contributed by atoms with Gasteiger partial charge in [-0.3, -0.25) is 0 Å². The lowest BCUT2D eigenvalue weighted by atomic mass is 10.3. The van der Waals surface area contributed by atoms with Crippen LogP contribution in [0.4, 0.5) is 11.5 Å². The SMILES string of the molecule is COc1ccc(Nc2cnc(C(=O)O)cn2)cc1Br. The molecule has 0 amide bonds. The summed E-state index contributed by atoms with van der Waals surface area (Å²) in [6, 6.07) is 5.44. The van der Waals surface area contributed by atoms with Crippen LogP contribution in [0.5, 0.6) is 5.75 Å². The molecule has 7 heteroatoms. The number of benzene rings is 1. The van der Waals surface area contributed by atoms with Gasteiger partial charge in [0, 0.05) is 5.69 Å². The number of hydrogen-bond acceptors (Lipinski definition) is 5. The molecule has 0 fully saturated rings. The number of hydrogen-bond donors (Lipinski definition) is 2. The van der Waals surface area contributed by atoms with E-state index in [-0.39, 0.29) is 5.69 Å². The van der Waals surface area contributed by atoms with Crippen LogP contribution < -0.4 is 10.1 Å². The molecule has 1 heterocycles. The number of ether oxygens (including phenoxy) is 1. The average Bonchev–Trinajstić information content (AvgIpc) is 2.39. The molecule has 1 aromatic carbocycles. The highest BCUT2D eigenvalue weighted by Crippen LogP contribution is 2.28. The maximum Gasteiger partial charge on any atom is 0.356 e. The van der Waals surface area contributed by atoms with E-state index in [1.807, 2.05) is 12.1 Å². The monoisotopic (exact) mass is 323 g/mol. The van der Waals surface area contributed by atoms with Gasteiger partial charge in [-0.25, -0.2) is 14.8 Å². The van der Waals surface area contributed by atoms with Crippen LogP contribution in [0.2, 0.25) is 0 Å². The first-order chi connectivity index (χ1) is 9.10. The van der Waals surface area contributed by atoms with Gasteiger partial charge in [0.25, 0.3) is 0 Å². The molecule has 0 unspecified atom stereocenters. The number of aromatic carboxylic acids is 1. The number of rotatable bonds is 4. The van der Waals surface area contributed by atoms with Gasteiger partial charge in [0.1, 0.15) is 11.6 Å². The highest BCUT2D eigenvalue weighted by atomic mass is 79.9. The van der Waals surface area contributed by atoms with Crippen LogP contribution in [0.1, 0.15) is 10.5 Å². The number of carbonyl (C=O) groups is 1. The molecule has 19 heavy (non-hydrogen) atoms. The van der Waals surface area contributed by atoms with Gasteiger partial charge in [-0.1, -0.05) is 0 Å². The molecule has 0 aliphatic carbocycles. The molecule has 0 aliphatic heterocycles. The largest absolute Gasteiger partial charge is 0.496 e. The summed E-state index contributed by atoms with van der Waals surface area (Å²) in [6.45, 7) is 0. The molecule has 0 atom stereocenters. The molecule has 0 aliphatic rings. The zero-order valence-electron chi connectivity index (χ0n) is 9.92. The average molecular weight is 324 g/mol. The van der Waals surface area contributed by atoms with Crippen LogP contribution in [0.15, 0.2) is 35.1 Å². The minimum Gasteiger partial charge on any atom is -0.496 e. The fourth-order valence-corrected chi connectivity index (χ4v) is 1.94. The van der Waals surface area contributed by atoms with Gasteiger partial charge >= 0.3 is 5.97 Å². The molecule has 0 radical (unpaired) electrons. The lowest BCUT2D eigenvalue weighted by Gasteiger charge is -2.08. The Morgan fingerprint density at radius 1 is 1.37 bits per heavy atom. The second-order valence-electron chi connectivity index (χ2n) is 3.57. The third-order valence-corrected chi connectivity index (χ3v) is 2.91. The zero-order chi connectivity index (χ0) is 13.8. The van der Waals surface area contributed by atoms with Crippen LogP contribution in [0.25, 0.3) is 0 Å². The lowest BCUT2D eigenvalue weighted by molar-refractivity contribution is 0.0690. The Bertz CT molecular complexity index is 602. The summed E-state index contributed by atoms with van der Waals surface area (Å²) in [6.07, 6.45) is 2.56. The van der Waals surface area contributed by atoms with Crippen molar-refractivity contribution in [1.29, 1.82) is 0 Å². The number of carboxylic acid groups (broad SMARTS) is 1.